The van der Waals surface area contributed by atoms with Gasteiger partial charge in [-0.2, -0.15) is 0 Å². The van der Waals surface area contributed by atoms with E-state index in [2.05, 4.69) is 29.1 Å². The number of carboxylic acid groups (broad SMARTS) is 1. The van der Waals surface area contributed by atoms with Crippen LogP contribution < -0.4 is 0 Å². The van der Waals surface area contributed by atoms with Crippen LogP contribution in [0.3, 0.4) is 0 Å². The van der Waals surface area contributed by atoms with E-state index in [1.807, 2.05) is 5.51 Å². The molecule has 1 aromatic rings. The van der Waals surface area contributed by atoms with Gasteiger partial charge in [-0.15, -0.1) is 11.3 Å². The van der Waals surface area contributed by atoms with Crippen LogP contribution in [-0.4, -0.2) is 33.5 Å². The molecule has 4 nitrogen and oxygen atoms in total. The van der Waals surface area contributed by atoms with Gasteiger partial charge in [-0.25, -0.2) is 4.98 Å². The second kappa shape index (κ2) is 5.14. The first kappa shape index (κ1) is 12.5. The molecule has 0 spiro atoms. The first-order valence-electron chi connectivity index (χ1n) is 5.96. The third-order valence-electron chi connectivity index (χ3n) is 3.65. The third-order valence-corrected chi connectivity index (χ3v) is 4.26. The first-order chi connectivity index (χ1) is 8.09. The van der Waals surface area contributed by atoms with Crippen molar-refractivity contribution in [3.05, 3.63) is 16.6 Å². The fourth-order valence-electron chi connectivity index (χ4n) is 2.59. The maximum Gasteiger partial charge on any atom is 0.306 e. The van der Waals surface area contributed by atoms with E-state index in [9.17, 15) is 4.79 Å². The van der Waals surface area contributed by atoms with Crippen LogP contribution in [0.15, 0.2) is 10.9 Å². The number of carboxylic acids is 1. The zero-order valence-corrected chi connectivity index (χ0v) is 11.0. The Morgan fingerprint density at radius 1 is 1.71 bits per heavy atom. The Balaban J connectivity index is 2.02. The standard InChI is InChI=1S/C12H18N2O2S/c1-8-5-10(12(15)16)3-4-14(8)9(2)11-6-17-7-13-11/h6-10H,3-5H2,1-2H3,(H,15,16). The van der Waals surface area contributed by atoms with E-state index in [1.54, 1.807) is 11.3 Å². The van der Waals surface area contributed by atoms with Crippen LogP contribution in [-0.2, 0) is 4.79 Å². The Bertz CT molecular complexity index is 380. The van der Waals surface area contributed by atoms with Crippen molar-refractivity contribution in [1.29, 1.82) is 0 Å². The van der Waals surface area contributed by atoms with Crippen molar-refractivity contribution in [2.75, 3.05) is 6.54 Å². The molecule has 1 N–H and O–H groups in total. The molecule has 0 aliphatic carbocycles. The summed E-state index contributed by atoms with van der Waals surface area (Å²) in [7, 11) is 0. The number of hydrogen-bond acceptors (Lipinski definition) is 4. The number of rotatable bonds is 3. The average molecular weight is 254 g/mol. The molecule has 3 unspecified atom stereocenters. The molecule has 94 valence electrons. The number of hydrogen-bond donors (Lipinski definition) is 1. The molecule has 1 aliphatic rings. The lowest BCUT2D eigenvalue weighted by Gasteiger charge is -2.39. The minimum Gasteiger partial charge on any atom is -0.481 e. The van der Waals surface area contributed by atoms with Gasteiger partial charge >= 0.3 is 5.97 Å². The van der Waals surface area contributed by atoms with Gasteiger partial charge in [0.05, 0.1) is 23.2 Å². The highest BCUT2D eigenvalue weighted by Gasteiger charge is 2.32. The van der Waals surface area contributed by atoms with Gasteiger partial charge < -0.3 is 5.11 Å². The van der Waals surface area contributed by atoms with Gasteiger partial charge in [-0.05, 0) is 33.2 Å². The monoisotopic (exact) mass is 254 g/mol. The van der Waals surface area contributed by atoms with Crippen molar-refractivity contribution < 1.29 is 9.90 Å². The molecule has 0 amide bonds. The summed E-state index contributed by atoms with van der Waals surface area (Å²) >= 11 is 1.61. The minimum atomic E-state index is -0.655. The molecule has 1 aliphatic heterocycles. The van der Waals surface area contributed by atoms with Crippen molar-refractivity contribution in [1.82, 2.24) is 9.88 Å². The molecule has 17 heavy (non-hydrogen) atoms. The summed E-state index contributed by atoms with van der Waals surface area (Å²) in [4.78, 5) is 17.7. The zero-order valence-electron chi connectivity index (χ0n) is 10.2. The summed E-state index contributed by atoms with van der Waals surface area (Å²) < 4.78 is 0. The third kappa shape index (κ3) is 2.66. The Kier molecular flexibility index (Phi) is 3.79. The lowest BCUT2D eigenvalue weighted by atomic mass is 9.90. The molecule has 1 fully saturated rings. The molecule has 5 heteroatoms. The molecule has 1 aromatic heterocycles. The van der Waals surface area contributed by atoms with Gasteiger partial charge in [0.15, 0.2) is 0 Å². The second-order valence-electron chi connectivity index (χ2n) is 4.74. The number of aliphatic carboxylic acids is 1. The summed E-state index contributed by atoms with van der Waals surface area (Å²) in [6.45, 7) is 5.10. The van der Waals surface area contributed by atoms with Crippen LogP contribution in [0.1, 0.15) is 38.4 Å². The average Bonchev–Trinajstić information content (AvgIpc) is 2.81. The maximum atomic E-state index is 11.0. The summed E-state index contributed by atoms with van der Waals surface area (Å²) in [6, 6.07) is 0.590. The van der Waals surface area contributed by atoms with Gasteiger partial charge in [0.25, 0.3) is 0 Å². The highest BCUT2D eigenvalue weighted by Crippen LogP contribution is 2.30. The highest BCUT2D eigenvalue weighted by molar-refractivity contribution is 7.07. The van der Waals surface area contributed by atoms with E-state index in [0.29, 0.717) is 6.04 Å². The fourth-order valence-corrected chi connectivity index (χ4v) is 3.23. The summed E-state index contributed by atoms with van der Waals surface area (Å²) in [5.41, 5.74) is 2.94. The fraction of sp³-hybridized carbons (Fsp3) is 0.667. The largest absolute Gasteiger partial charge is 0.481 e. The number of aromatic nitrogens is 1. The van der Waals surface area contributed by atoms with Crippen LogP contribution in [0, 0.1) is 5.92 Å². The Morgan fingerprint density at radius 3 is 3.00 bits per heavy atom. The van der Waals surface area contributed by atoms with Crippen LogP contribution in [0.4, 0.5) is 0 Å². The van der Waals surface area contributed by atoms with Crippen molar-refractivity contribution in [2.24, 2.45) is 5.92 Å². The first-order valence-corrected chi connectivity index (χ1v) is 6.90. The lowest BCUT2D eigenvalue weighted by molar-refractivity contribution is -0.144. The van der Waals surface area contributed by atoms with Gasteiger partial charge in [0.1, 0.15) is 0 Å². The maximum absolute atomic E-state index is 11.0. The van der Waals surface area contributed by atoms with Gasteiger partial charge in [0.2, 0.25) is 0 Å². The van der Waals surface area contributed by atoms with Gasteiger partial charge in [-0.1, -0.05) is 0 Å². The molecular formula is C12H18N2O2S. The summed E-state index contributed by atoms with van der Waals surface area (Å²) in [6.07, 6.45) is 1.48. The predicted molar refractivity (Wildman–Crippen MR) is 67.1 cm³/mol. The molecule has 1 saturated heterocycles. The molecule has 0 radical (unpaired) electrons. The van der Waals surface area contributed by atoms with Crippen molar-refractivity contribution >= 4 is 17.3 Å². The molecule has 2 heterocycles. The van der Waals surface area contributed by atoms with E-state index < -0.39 is 5.97 Å². The smallest absolute Gasteiger partial charge is 0.306 e. The van der Waals surface area contributed by atoms with Gasteiger partial charge in [-0.3, -0.25) is 9.69 Å². The number of likely N-dealkylation sites (tertiary alicyclic amines) is 1. The zero-order chi connectivity index (χ0) is 12.4. The Labute approximate surface area is 105 Å². The molecule has 0 aromatic carbocycles. The molecule has 3 atom stereocenters. The van der Waals surface area contributed by atoms with Crippen LogP contribution in [0.2, 0.25) is 0 Å². The summed E-state index contributed by atoms with van der Waals surface area (Å²) in [5.74, 6) is -0.832. The van der Waals surface area contributed by atoms with Crippen LogP contribution >= 0.6 is 11.3 Å². The number of carbonyl (C=O) groups is 1. The minimum absolute atomic E-state index is 0.177. The number of piperidine rings is 1. The van der Waals surface area contributed by atoms with Crippen LogP contribution in [0.25, 0.3) is 0 Å². The van der Waals surface area contributed by atoms with Crippen LogP contribution in [0.5, 0.6) is 0 Å². The van der Waals surface area contributed by atoms with Gasteiger partial charge in [0, 0.05) is 11.4 Å². The SMILES string of the molecule is CC1CC(C(=O)O)CCN1C(C)c1cscn1. The molecular weight excluding hydrogens is 236 g/mol. The van der Waals surface area contributed by atoms with E-state index in [4.69, 9.17) is 5.11 Å². The quantitative estimate of drug-likeness (QED) is 0.900. The number of thiazole rings is 1. The molecule has 0 bridgehead atoms. The Morgan fingerprint density at radius 2 is 2.47 bits per heavy atom. The Hall–Kier alpha value is -0.940. The van der Waals surface area contributed by atoms with Crippen molar-refractivity contribution in [3.8, 4) is 0 Å². The van der Waals surface area contributed by atoms with E-state index in [-0.39, 0.29) is 12.0 Å². The lowest BCUT2D eigenvalue weighted by Crippen LogP contribution is -2.43. The van der Waals surface area contributed by atoms with Crippen molar-refractivity contribution in [2.45, 2.75) is 38.8 Å². The van der Waals surface area contributed by atoms with E-state index >= 15 is 0 Å². The van der Waals surface area contributed by atoms with Crippen molar-refractivity contribution in [3.63, 3.8) is 0 Å². The summed E-state index contributed by atoms with van der Waals surface area (Å²) in [5, 5.41) is 11.1. The molecule has 2 rings (SSSR count). The topological polar surface area (TPSA) is 53.4 Å². The normalized spacial score (nSPS) is 27.9. The highest BCUT2D eigenvalue weighted by atomic mass is 32.1. The van der Waals surface area contributed by atoms with E-state index in [1.165, 1.54) is 0 Å². The second-order valence-corrected chi connectivity index (χ2v) is 5.45. The molecule has 0 saturated carbocycles. The number of nitrogens with zero attached hydrogens (tertiary/aromatic N) is 2. The van der Waals surface area contributed by atoms with E-state index in [0.717, 1.165) is 25.1 Å². The predicted octanol–water partition coefficient (Wildman–Crippen LogP) is 2.39.